The van der Waals surface area contributed by atoms with Crippen molar-refractivity contribution in [1.29, 1.82) is 0 Å². The van der Waals surface area contributed by atoms with Crippen LogP contribution < -0.4 is 15.4 Å². The van der Waals surface area contributed by atoms with Crippen molar-refractivity contribution < 1.29 is 14.3 Å². The lowest BCUT2D eigenvalue weighted by atomic mass is 9.76. The Bertz CT molecular complexity index is 965. The Morgan fingerprint density at radius 1 is 1.00 bits per heavy atom. The highest BCUT2D eigenvalue weighted by Gasteiger charge is 2.44. The summed E-state index contributed by atoms with van der Waals surface area (Å²) < 4.78 is 6.53. The number of likely N-dealkylation sites (tertiary alicyclic amines) is 1. The molecule has 1 saturated heterocycles. The third-order valence-corrected chi connectivity index (χ3v) is 6.93. The largest absolute Gasteiger partial charge is 0.487 e. The van der Waals surface area contributed by atoms with Gasteiger partial charge in [0.15, 0.2) is 0 Å². The van der Waals surface area contributed by atoms with Gasteiger partial charge < -0.3 is 20.3 Å². The zero-order valence-electron chi connectivity index (χ0n) is 18.4. The molecule has 6 nitrogen and oxygen atoms in total. The van der Waals surface area contributed by atoms with Gasteiger partial charge in [-0.25, -0.2) is 4.79 Å². The molecule has 1 atom stereocenters. The van der Waals surface area contributed by atoms with E-state index in [2.05, 4.69) is 16.7 Å². The van der Waals surface area contributed by atoms with E-state index in [1.807, 2.05) is 53.4 Å². The van der Waals surface area contributed by atoms with Crippen molar-refractivity contribution in [2.24, 2.45) is 0 Å². The summed E-state index contributed by atoms with van der Waals surface area (Å²) in [5, 5.41) is 6.16. The molecule has 32 heavy (non-hydrogen) atoms. The van der Waals surface area contributed by atoms with Crippen molar-refractivity contribution in [1.82, 2.24) is 15.5 Å². The van der Waals surface area contributed by atoms with Crippen molar-refractivity contribution in [3.05, 3.63) is 65.7 Å². The van der Waals surface area contributed by atoms with Crippen molar-refractivity contribution in [2.45, 2.75) is 62.6 Å². The lowest BCUT2D eigenvalue weighted by molar-refractivity contribution is -0.122. The highest BCUT2D eigenvalue weighted by atomic mass is 16.5. The molecule has 0 bridgehead atoms. The SMILES string of the molecule is O=C(C[C@H]1CC2(CCN(C(=O)NCc3ccccc3)CC2)Oc2ccccc21)NC1CC1. The molecule has 6 heteroatoms. The average molecular weight is 434 g/mol. The first-order valence-electron chi connectivity index (χ1n) is 11.7. The number of amides is 3. The fourth-order valence-electron chi connectivity index (χ4n) is 4.97. The minimum absolute atomic E-state index is 0.0275. The molecule has 3 amide bonds. The van der Waals surface area contributed by atoms with Gasteiger partial charge in [0.2, 0.25) is 5.91 Å². The van der Waals surface area contributed by atoms with Gasteiger partial charge in [-0.1, -0.05) is 48.5 Å². The van der Waals surface area contributed by atoms with Crippen LogP contribution in [0.2, 0.25) is 0 Å². The highest BCUT2D eigenvalue weighted by molar-refractivity contribution is 5.78. The number of urea groups is 1. The number of fused-ring (bicyclic) bond motifs is 1. The van der Waals surface area contributed by atoms with Crippen LogP contribution in [0.5, 0.6) is 5.75 Å². The number of carbonyl (C=O) groups excluding carboxylic acids is 2. The van der Waals surface area contributed by atoms with E-state index in [4.69, 9.17) is 4.74 Å². The summed E-state index contributed by atoms with van der Waals surface area (Å²) in [6, 6.07) is 18.4. The molecule has 2 fully saturated rings. The first-order chi connectivity index (χ1) is 15.6. The summed E-state index contributed by atoms with van der Waals surface area (Å²) >= 11 is 0. The lowest BCUT2D eigenvalue weighted by Crippen LogP contribution is -2.53. The normalized spacial score (nSPS) is 21.4. The van der Waals surface area contributed by atoms with E-state index in [0.29, 0.717) is 32.1 Å². The third kappa shape index (κ3) is 4.74. The molecule has 0 radical (unpaired) electrons. The number of benzene rings is 2. The Balaban J connectivity index is 1.21. The molecular formula is C26H31N3O3. The smallest absolute Gasteiger partial charge is 0.317 e. The van der Waals surface area contributed by atoms with E-state index in [1.165, 1.54) is 0 Å². The Labute approximate surface area is 189 Å². The number of rotatable bonds is 5. The number of ether oxygens (including phenoxy) is 1. The minimum atomic E-state index is -0.310. The zero-order valence-corrected chi connectivity index (χ0v) is 18.4. The second kappa shape index (κ2) is 8.85. The van der Waals surface area contributed by atoms with Crippen molar-refractivity contribution in [3.63, 3.8) is 0 Å². The van der Waals surface area contributed by atoms with E-state index in [-0.39, 0.29) is 23.5 Å². The monoisotopic (exact) mass is 433 g/mol. The fourth-order valence-corrected chi connectivity index (χ4v) is 4.97. The van der Waals surface area contributed by atoms with E-state index < -0.39 is 0 Å². The molecule has 2 aromatic carbocycles. The predicted octanol–water partition coefficient (Wildman–Crippen LogP) is 3.97. The summed E-state index contributed by atoms with van der Waals surface area (Å²) in [5.74, 6) is 1.18. The molecule has 0 unspecified atom stereocenters. The van der Waals surface area contributed by atoms with Crippen LogP contribution in [0, 0.1) is 0 Å². The summed E-state index contributed by atoms with van der Waals surface area (Å²) in [7, 11) is 0. The van der Waals surface area contributed by atoms with Gasteiger partial charge in [-0.2, -0.15) is 0 Å². The quantitative estimate of drug-likeness (QED) is 0.750. The summed E-state index contributed by atoms with van der Waals surface area (Å²) in [5.41, 5.74) is 1.91. The number of hydrogen-bond donors (Lipinski definition) is 2. The molecule has 2 heterocycles. The van der Waals surface area contributed by atoms with Gasteiger partial charge in [-0.05, 0) is 36.5 Å². The first-order valence-corrected chi connectivity index (χ1v) is 11.7. The molecule has 1 saturated carbocycles. The van der Waals surface area contributed by atoms with Gasteiger partial charge in [0.05, 0.1) is 0 Å². The number of hydrogen-bond acceptors (Lipinski definition) is 3. The minimum Gasteiger partial charge on any atom is -0.487 e. The molecular weight excluding hydrogens is 402 g/mol. The maximum absolute atomic E-state index is 12.7. The number of nitrogens with one attached hydrogen (secondary N) is 2. The summed E-state index contributed by atoms with van der Waals surface area (Å²) in [6.07, 6.45) is 5.08. The van der Waals surface area contributed by atoms with Gasteiger partial charge in [-0.3, -0.25) is 4.79 Å². The number of piperidine rings is 1. The maximum atomic E-state index is 12.7. The first kappa shape index (κ1) is 20.9. The van der Waals surface area contributed by atoms with Crippen molar-refractivity contribution >= 4 is 11.9 Å². The standard InChI is InChI=1S/C26H31N3O3/c30-24(28-21-10-11-21)16-20-17-26(32-23-9-5-4-8-22(20)23)12-14-29(15-13-26)25(31)27-18-19-6-2-1-3-7-19/h1-9,20-21H,10-18H2,(H,27,31)(H,28,30)/t20-/m0/s1. The molecule has 2 aromatic rings. The fraction of sp³-hybridized carbons (Fsp3) is 0.462. The van der Waals surface area contributed by atoms with Gasteiger partial charge in [-0.15, -0.1) is 0 Å². The van der Waals surface area contributed by atoms with Crippen LogP contribution in [-0.2, 0) is 11.3 Å². The van der Waals surface area contributed by atoms with Crippen LogP contribution in [0.1, 0.15) is 55.6 Å². The van der Waals surface area contributed by atoms with E-state index in [0.717, 1.165) is 49.0 Å². The van der Waals surface area contributed by atoms with Gasteiger partial charge >= 0.3 is 6.03 Å². The molecule has 2 aliphatic heterocycles. The van der Waals surface area contributed by atoms with Crippen LogP contribution in [0.4, 0.5) is 4.79 Å². The van der Waals surface area contributed by atoms with Crippen LogP contribution in [-0.4, -0.2) is 41.6 Å². The second-order valence-electron chi connectivity index (χ2n) is 9.40. The molecule has 3 aliphatic rings. The molecule has 5 rings (SSSR count). The maximum Gasteiger partial charge on any atom is 0.317 e. The molecule has 0 aromatic heterocycles. The van der Waals surface area contributed by atoms with Crippen LogP contribution in [0.25, 0.3) is 0 Å². The van der Waals surface area contributed by atoms with E-state index >= 15 is 0 Å². The lowest BCUT2D eigenvalue weighted by Gasteiger charge is -2.46. The van der Waals surface area contributed by atoms with Crippen LogP contribution >= 0.6 is 0 Å². The Morgan fingerprint density at radius 3 is 2.47 bits per heavy atom. The number of para-hydroxylation sites is 1. The molecule has 1 aliphatic carbocycles. The average Bonchev–Trinajstić information content (AvgIpc) is 3.62. The predicted molar refractivity (Wildman–Crippen MR) is 122 cm³/mol. The van der Waals surface area contributed by atoms with Gasteiger partial charge in [0, 0.05) is 50.9 Å². The third-order valence-electron chi connectivity index (χ3n) is 6.93. The topological polar surface area (TPSA) is 70.7 Å². The van der Waals surface area contributed by atoms with Gasteiger partial charge in [0.1, 0.15) is 11.4 Å². The van der Waals surface area contributed by atoms with Gasteiger partial charge in [0.25, 0.3) is 0 Å². The van der Waals surface area contributed by atoms with E-state index in [9.17, 15) is 9.59 Å². The summed E-state index contributed by atoms with van der Waals surface area (Å²) in [4.78, 5) is 27.1. The van der Waals surface area contributed by atoms with Crippen LogP contribution in [0.15, 0.2) is 54.6 Å². The zero-order chi connectivity index (χ0) is 22.0. The number of carbonyl (C=O) groups is 2. The second-order valence-corrected chi connectivity index (χ2v) is 9.40. The Morgan fingerprint density at radius 2 is 1.72 bits per heavy atom. The Kier molecular flexibility index (Phi) is 5.77. The highest BCUT2D eigenvalue weighted by Crippen LogP contribution is 2.46. The molecule has 168 valence electrons. The van der Waals surface area contributed by atoms with Crippen molar-refractivity contribution in [3.8, 4) is 5.75 Å². The summed E-state index contributed by atoms with van der Waals surface area (Å²) in [6.45, 7) is 1.84. The van der Waals surface area contributed by atoms with Crippen molar-refractivity contribution in [2.75, 3.05) is 13.1 Å². The Hall–Kier alpha value is -3.02. The molecule has 2 N–H and O–H groups in total. The number of nitrogens with zero attached hydrogens (tertiary/aromatic N) is 1. The van der Waals surface area contributed by atoms with Crippen LogP contribution in [0.3, 0.4) is 0 Å². The van der Waals surface area contributed by atoms with E-state index in [1.54, 1.807) is 0 Å². The molecule has 1 spiro atoms.